The summed E-state index contributed by atoms with van der Waals surface area (Å²) in [5, 5.41) is 9.81. The number of anilines is 1. The molecular weight excluding hydrogens is 508 g/mol. The van der Waals surface area contributed by atoms with Crippen LogP contribution in [0.2, 0.25) is 0 Å². The molecule has 4 aliphatic carbocycles. The van der Waals surface area contributed by atoms with Gasteiger partial charge >= 0.3 is 5.97 Å². The quantitative estimate of drug-likeness (QED) is 0.319. The number of nitrogens with two attached hydrogens (primary N) is 1. The van der Waals surface area contributed by atoms with Gasteiger partial charge in [0, 0.05) is 42.1 Å². The molecule has 2 N–H and O–H groups in total. The molecule has 1 heterocycles. The minimum Gasteiger partial charge on any atom is -0.462 e. The van der Waals surface area contributed by atoms with Crippen molar-refractivity contribution in [3.63, 3.8) is 0 Å². The number of rotatable bonds is 3. The Morgan fingerprint density at radius 2 is 1.90 bits per heavy atom. The highest BCUT2D eigenvalue weighted by Crippen LogP contribution is 2.68. The zero-order chi connectivity index (χ0) is 28.4. The largest absolute Gasteiger partial charge is 0.462 e. The molecule has 0 amide bonds. The van der Waals surface area contributed by atoms with E-state index in [2.05, 4.69) is 26.0 Å². The molecule has 6 rings (SSSR count). The average molecular weight is 546 g/mol. The number of halogens is 2. The first-order chi connectivity index (χ1) is 19.0. The van der Waals surface area contributed by atoms with E-state index < -0.39 is 11.6 Å². The third-order valence-electron chi connectivity index (χ3n) is 11.1. The van der Waals surface area contributed by atoms with Crippen molar-refractivity contribution < 1.29 is 18.3 Å². The van der Waals surface area contributed by atoms with Gasteiger partial charge in [0.05, 0.1) is 0 Å². The Morgan fingerprint density at radius 3 is 2.62 bits per heavy atom. The van der Waals surface area contributed by atoms with Crippen molar-refractivity contribution in [3.05, 3.63) is 58.8 Å². The van der Waals surface area contributed by atoms with E-state index in [1.807, 2.05) is 6.07 Å². The first-order valence-electron chi connectivity index (χ1n) is 14.6. The van der Waals surface area contributed by atoms with Crippen molar-refractivity contribution in [2.24, 2.45) is 28.6 Å². The normalized spacial score (nSPS) is 34.6. The zero-order valence-corrected chi connectivity index (χ0v) is 23.5. The lowest BCUT2D eigenvalue weighted by molar-refractivity contribution is -0.148. The summed E-state index contributed by atoms with van der Waals surface area (Å²) >= 11 is 0. The van der Waals surface area contributed by atoms with Crippen LogP contribution in [0.1, 0.15) is 89.3 Å². The van der Waals surface area contributed by atoms with Crippen LogP contribution in [-0.2, 0) is 9.53 Å². The van der Waals surface area contributed by atoms with E-state index in [1.54, 1.807) is 0 Å². The Hall–Kier alpha value is -3.27. The van der Waals surface area contributed by atoms with E-state index in [1.165, 1.54) is 24.6 Å². The second-order valence-electron chi connectivity index (χ2n) is 13.0. The van der Waals surface area contributed by atoms with E-state index in [0.717, 1.165) is 63.1 Å². The lowest BCUT2D eigenvalue weighted by Gasteiger charge is -2.58. The van der Waals surface area contributed by atoms with Gasteiger partial charge < -0.3 is 10.5 Å². The highest BCUT2D eigenvalue weighted by molar-refractivity contribution is 5.76. The summed E-state index contributed by atoms with van der Waals surface area (Å²) in [5.74, 6) is 0.375. The number of pyridine rings is 1. The lowest BCUT2D eigenvalue weighted by atomic mass is 9.47. The van der Waals surface area contributed by atoms with Gasteiger partial charge in [-0.1, -0.05) is 25.5 Å². The summed E-state index contributed by atoms with van der Waals surface area (Å²) in [6.45, 7) is 6.31. The maximum Gasteiger partial charge on any atom is 0.302 e. The Morgan fingerprint density at radius 1 is 1.10 bits per heavy atom. The van der Waals surface area contributed by atoms with Gasteiger partial charge in [-0.15, -0.1) is 0 Å². The minimum atomic E-state index is -0.717. The van der Waals surface area contributed by atoms with Gasteiger partial charge in [-0.05, 0) is 91.7 Å². The van der Waals surface area contributed by atoms with Crippen LogP contribution in [-0.4, -0.2) is 17.1 Å². The molecule has 3 fully saturated rings. The van der Waals surface area contributed by atoms with E-state index in [9.17, 15) is 18.8 Å². The average Bonchev–Trinajstić information content (AvgIpc) is 3.25. The number of fused-ring (bicyclic) bond motifs is 5. The second-order valence-corrected chi connectivity index (χ2v) is 13.0. The SMILES string of the molecule is CC(=O)O[C@H]1CC[C@@]2(C)C(=CC[C@H]3[C@@H]4CC[C@H](c5cc(-c6ccc(F)cc6F)c(C#N)c(N)n5)[C@@]4(C)CC[C@@H]32)C1. The molecule has 1 aromatic carbocycles. The van der Waals surface area contributed by atoms with Crippen LogP contribution in [0.3, 0.4) is 0 Å². The van der Waals surface area contributed by atoms with Crippen molar-refractivity contribution in [2.75, 3.05) is 5.73 Å². The molecule has 0 aliphatic heterocycles. The van der Waals surface area contributed by atoms with Gasteiger partial charge in [0.25, 0.3) is 0 Å². The number of nitriles is 1. The number of carbonyl (C=O) groups is 1. The maximum atomic E-state index is 14.8. The number of hydrogen-bond acceptors (Lipinski definition) is 5. The number of hydrogen-bond donors (Lipinski definition) is 1. The van der Waals surface area contributed by atoms with E-state index in [4.69, 9.17) is 15.5 Å². The minimum absolute atomic E-state index is 0.00820. The van der Waals surface area contributed by atoms with Crippen molar-refractivity contribution >= 4 is 11.8 Å². The van der Waals surface area contributed by atoms with Crippen molar-refractivity contribution in [1.82, 2.24) is 4.98 Å². The molecule has 7 heteroatoms. The molecule has 40 heavy (non-hydrogen) atoms. The van der Waals surface area contributed by atoms with Crippen LogP contribution in [0.4, 0.5) is 14.6 Å². The van der Waals surface area contributed by atoms with Crippen molar-refractivity contribution in [1.29, 1.82) is 5.26 Å². The van der Waals surface area contributed by atoms with Crippen LogP contribution in [0.15, 0.2) is 35.9 Å². The molecule has 3 saturated carbocycles. The predicted molar refractivity (Wildman–Crippen MR) is 149 cm³/mol. The monoisotopic (exact) mass is 545 g/mol. The Bertz CT molecular complexity index is 1450. The van der Waals surface area contributed by atoms with E-state index in [-0.39, 0.29) is 45.8 Å². The topological polar surface area (TPSA) is 89.0 Å². The van der Waals surface area contributed by atoms with Gasteiger partial charge in [-0.25, -0.2) is 13.8 Å². The molecule has 0 unspecified atom stereocenters. The number of nitrogen functional groups attached to an aromatic ring is 1. The highest BCUT2D eigenvalue weighted by atomic mass is 19.1. The molecule has 4 aliphatic rings. The number of ether oxygens (including phenoxy) is 1. The highest BCUT2D eigenvalue weighted by Gasteiger charge is 2.59. The third kappa shape index (κ3) is 4.14. The molecule has 7 atom stereocenters. The number of esters is 1. The summed E-state index contributed by atoms with van der Waals surface area (Å²) in [6.07, 6.45) is 10.6. The number of nitrogens with zero attached hydrogens (tertiary/aromatic N) is 2. The Balaban J connectivity index is 1.32. The van der Waals surface area contributed by atoms with Crippen LogP contribution >= 0.6 is 0 Å². The molecule has 5 nitrogen and oxygen atoms in total. The van der Waals surface area contributed by atoms with Crippen molar-refractivity contribution in [2.45, 2.75) is 84.2 Å². The Labute approximate surface area is 234 Å². The maximum absolute atomic E-state index is 14.8. The van der Waals surface area contributed by atoms with Crippen molar-refractivity contribution in [3.8, 4) is 17.2 Å². The van der Waals surface area contributed by atoms with E-state index >= 15 is 0 Å². The number of allylic oxidation sites excluding steroid dienone is 1. The molecule has 0 saturated heterocycles. The van der Waals surface area contributed by atoms with Gasteiger partial charge in [0.15, 0.2) is 0 Å². The number of carbonyl (C=O) groups excluding carboxylic acids is 1. The number of benzene rings is 1. The van der Waals surface area contributed by atoms with Crippen LogP contribution in [0, 0.1) is 51.5 Å². The van der Waals surface area contributed by atoms with Gasteiger partial charge in [0.1, 0.15) is 35.2 Å². The summed E-state index contributed by atoms with van der Waals surface area (Å²) < 4.78 is 34.1. The molecule has 210 valence electrons. The lowest BCUT2D eigenvalue weighted by Crippen LogP contribution is -2.50. The van der Waals surface area contributed by atoms with E-state index in [0.29, 0.717) is 23.3 Å². The first kappa shape index (κ1) is 26.9. The zero-order valence-electron chi connectivity index (χ0n) is 23.5. The van der Waals surface area contributed by atoms with Crippen LogP contribution in [0.5, 0.6) is 0 Å². The molecular formula is C33H37F2N3O2. The Kier molecular flexibility index (Phi) is 6.52. The molecule has 0 bridgehead atoms. The first-order valence-corrected chi connectivity index (χ1v) is 14.6. The number of aromatic nitrogens is 1. The molecule has 0 radical (unpaired) electrons. The standard InChI is InChI=1S/C33H37F2N3O2/c1-18(39)40-21-10-12-32(2)19(14-21)4-6-23-26-8-9-28(33(26,3)13-11-27(23)32)30-16-24(25(17-36)31(37)38-30)22-7-5-20(34)15-29(22)35/h4-5,7,15-16,21,23,26-28H,6,8-14H2,1-3H3,(H2,37,38)/t21-,23-,26-,27-,28+,32-,33-/m0/s1. The summed E-state index contributed by atoms with van der Waals surface area (Å²) in [4.78, 5) is 16.3. The second kappa shape index (κ2) is 9.68. The van der Waals surface area contributed by atoms with Gasteiger partial charge in [0.2, 0.25) is 0 Å². The summed E-state index contributed by atoms with van der Waals surface area (Å²) in [6, 6.07) is 7.33. The fourth-order valence-electron chi connectivity index (χ4n) is 9.25. The third-order valence-corrected chi connectivity index (χ3v) is 11.1. The summed E-state index contributed by atoms with van der Waals surface area (Å²) in [5.41, 5.74) is 9.40. The summed E-state index contributed by atoms with van der Waals surface area (Å²) in [7, 11) is 0. The van der Waals surface area contributed by atoms with Crippen LogP contribution < -0.4 is 5.73 Å². The predicted octanol–water partition coefficient (Wildman–Crippen LogP) is 7.46. The fourth-order valence-corrected chi connectivity index (χ4v) is 9.25. The molecule has 0 spiro atoms. The smallest absolute Gasteiger partial charge is 0.302 e. The molecule has 2 aromatic rings. The fraction of sp³-hybridized carbons (Fsp3) is 0.545. The van der Waals surface area contributed by atoms with Crippen LogP contribution in [0.25, 0.3) is 11.1 Å². The van der Waals surface area contributed by atoms with Gasteiger partial charge in [-0.2, -0.15) is 5.26 Å². The van der Waals surface area contributed by atoms with Gasteiger partial charge in [-0.3, -0.25) is 4.79 Å². The molecule has 1 aromatic heterocycles.